The van der Waals surface area contributed by atoms with Crippen LogP contribution < -0.4 is 30.2 Å². The van der Waals surface area contributed by atoms with Crippen molar-refractivity contribution in [2.24, 2.45) is 4.99 Å². The first-order valence-electron chi connectivity index (χ1n) is 23.0. The molecule has 0 saturated carbocycles. The molecule has 70 heavy (non-hydrogen) atoms. The Bertz CT molecular complexity index is 3010. The molecule has 2 saturated heterocycles. The van der Waals surface area contributed by atoms with E-state index in [0.717, 1.165) is 27.2 Å². The normalized spacial score (nSPS) is 17.8. The maximum Gasteiger partial charge on any atom is 0.262 e. The molecule has 0 radical (unpaired) electrons. The van der Waals surface area contributed by atoms with Gasteiger partial charge in [0.1, 0.15) is 29.1 Å². The molecule has 6 heterocycles. The number of ether oxygens (including phenoxy) is 4. The van der Waals surface area contributed by atoms with Gasteiger partial charge in [-0.15, -0.1) is 0 Å². The van der Waals surface area contributed by atoms with E-state index >= 15 is 4.39 Å². The van der Waals surface area contributed by atoms with Crippen LogP contribution in [-0.2, 0) is 37.6 Å². The third-order valence-corrected chi connectivity index (χ3v) is 13.9. The molecule has 5 amide bonds. The maximum atomic E-state index is 15.3. The van der Waals surface area contributed by atoms with Crippen LogP contribution in [0.4, 0.5) is 16.0 Å². The molecule has 1 unspecified atom stereocenters. The Morgan fingerprint density at radius 3 is 2.53 bits per heavy atom. The summed E-state index contributed by atoms with van der Waals surface area (Å²) in [6.07, 6.45) is 3.30. The third kappa shape index (κ3) is 8.71. The molecule has 1 aromatic heterocycles. The Hall–Kier alpha value is -7.28. The van der Waals surface area contributed by atoms with Gasteiger partial charge in [-0.05, 0) is 61.7 Å². The number of anilines is 2. The molecule has 5 aromatic rings. The SMILES string of the molecule is COc1cc(Nc2ncc3c(n2)-c2ccc(Cl)cc2C(c2c(F)cccc2OC)=NC3)ccc1CNCCOCCC(=O)N1CCC2(CC1)COc1cc3c(cc12)C(=O)N(C1CCC(=O)NC1=O)C3=O. The number of aromatic nitrogens is 2. The molecular weight excluding hydrogens is 923 g/mol. The summed E-state index contributed by atoms with van der Waals surface area (Å²) < 4.78 is 38.5. The van der Waals surface area contributed by atoms with E-state index in [-0.39, 0.29) is 55.0 Å². The molecule has 1 atom stereocenters. The number of nitrogens with zero attached hydrogens (tertiary/aromatic N) is 5. The maximum absolute atomic E-state index is 15.3. The number of amides is 5. The van der Waals surface area contributed by atoms with Gasteiger partial charge in [0.2, 0.25) is 23.7 Å². The van der Waals surface area contributed by atoms with Gasteiger partial charge in [-0.25, -0.2) is 14.4 Å². The lowest BCUT2D eigenvalue weighted by Gasteiger charge is -2.38. The highest BCUT2D eigenvalue weighted by Crippen LogP contribution is 2.48. The predicted octanol–water partition coefficient (Wildman–Crippen LogP) is 5.90. The molecule has 4 aromatic carbocycles. The number of carbonyl (C=O) groups is 5. The standard InChI is InChI=1S/C51H48ClFN8O9/c1-67-39-5-3-4-37(53)44(39)46-33-20-30(52)7-9-32(33)45-29(25-55-46)26-56-50(59-45)57-31-8-6-28(40(21-31)68-2)24-54-15-19-69-18-12-43(63)60-16-13-51(14-17-60)27-70-41-23-35-34(22-36(41)51)48(65)61(49(35)66)38-10-11-42(62)58-47(38)64/h3-9,20-23,26,38,54H,10-19,24-25,27H2,1-2H3,(H,56,57,59)(H,58,62,64). The van der Waals surface area contributed by atoms with Gasteiger partial charge in [0, 0.05) is 88.8 Å². The zero-order valence-electron chi connectivity index (χ0n) is 38.4. The molecule has 10 rings (SSSR count). The second kappa shape index (κ2) is 19.3. The Kier molecular flexibility index (Phi) is 12.8. The van der Waals surface area contributed by atoms with Crippen molar-refractivity contribution in [2.75, 3.05) is 59.0 Å². The van der Waals surface area contributed by atoms with Gasteiger partial charge >= 0.3 is 0 Å². The van der Waals surface area contributed by atoms with Crippen LogP contribution in [0.15, 0.2) is 77.9 Å². The number of piperidine rings is 2. The van der Waals surface area contributed by atoms with Crippen molar-refractivity contribution >= 4 is 58.5 Å². The number of likely N-dealkylation sites (tertiary alicyclic amines) is 1. The molecule has 360 valence electrons. The van der Waals surface area contributed by atoms with Crippen molar-refractivity contribution in [3.05, 3.63) is 123 Å². The van der Waals surface area contributed by atoms with E-state index in [1.54, 1.807) is 49.7 Å². The van der Waals surface area contributed by atoms with Crippen LogP contribution in [0.25, 0.3) is 11.3 Å². The molecule has 19 heteroatoms. The lowest BCUT2D eigenvalue weighted by Crippen LogP contribution is -2.54. The van der Waals surface area contributed by atoms with Gasteiger partial charge in [-0.2, -0.15) is 0 Å². The number of nitrogens with one attached hydrogen (secondary N) is 3. The summed E-state index contributed by atoms with van der Waals surface area (Å²) in [5.74, 6) is -0.823. The van der Waals surface area contributed by atoms with Crippen molar-refractivity contribution in [1.29, 1.82) is 0 Å². The van der Waals surface area contributed by atoms with Crippen molar-refractivity contribution in [3.63, 3.8) is 0 Å². The van der Waals surface area contributed by atoms with Crippen molar-refractivity contribution in [3.8, 4) is 28.5 Å². The topological polar surface area (TPSA) is 203 Å². The summed E-state index contributed by atoms with van der Waals surface area (Å²) in [4.78, 5) is 81.4. The Balaban J connectivity index is 0.689. The Morgan fingerprint density at radius 2 is 1.74 bits per heavy atom. The molecule has 17 nitrogen and oxygen atoms in total. The van der Waals surface area contributed by atoms with Crippen molar-refractivity contribution < 1.29 is 47.3 Å². The summed E-state index contributed by atoms with van der Waals surface area (Å²) in [5, 5.41) is 9.35. The van der Waals surface area contributed by atoms with Gasteiger partial charge in [0.15, 0.2) is 0 Å². The van der Waals surface area contributed by atoms with Crippen LogP contribution in [0.5, 0.6) is 17.2 Å². The quantitative estimate of drug-likeness (QED) is 0.0878. The third-order valence-electron chi connectivity index (χ3n) is 13.6. The van der Waals surface area contributed by atoms with Crippen molar-refractivity contribution in [2.45, 2.75) is 56.7 Å². The molecule has 0 bridgehead atoms. The number of imide groups is 2. The first-order chi connectivity index (χ1) is 33.9. The monoisotopic (exact) mass is 970 g/mol. The van der Waals surface area contributed by atoms with E-state index in [4.69, 9.17) is 40.5 Å². The summed E-state index contributed by atoms with van der Waals surface area (Å²) in [5.41, 5.74) is 5.82. The molecule has 3 N–H and O–H groups in total. The number of halogens is 2. The van der Waals surface area contributed by atoms with E-state index in [1.807, 2.05) is 29.2 Å². The fourth-order valence-electron chi connectivity index (χ4n) is 9.91. The lowest BCUT2D eigenvalue weighted by molar-refractivity contribution is -0.136. The molecule has 5 aliphatic rings. The van der Waals surface area contributed by atoms with Crippen LogP contribution in [-0.4, -0.2) is 115 Å². The van der Waals surface area contributed by atoms with Gasteiger partial charge in [0.25, 0.3) is 11.8 Å². The van der Waals surface area contributed by atoms with Gasteiger partial charge in [-0.3, -0.25) is 39.2 Å². The summed E-state index contributed by atoms with van der Waals surface area (Å²) in [7, 11) is 3.09. The van der Waals surface area contributed by atoms with Crippen LogP contribution in [0.1, 0.15) is 80.6 Å². The van der Waals surface area contributed by atoms with E-state index < -0.39 is 40.9 Å². The average Bonchev–Trinajstić information content (AvgIpc) is 3.76. The number of aliphatic imine (C=N–C) groups is 1. The fraction of sp³-hybridized carbons (Fsp3) is 0.333. The van der Waals surface area contributed by atoms with Crippen molar-refractivity contribution in [1.82, 2.24) is 30.4 Å². The first-order valence-corrected chi connectivity index (χ1v) is 23.4. The first kappa shape index (κ1) is 46.4. The Labute approximate surface area is 406 Å². The minimum atomic E-state index is -1.05. The van der Waals surface area contributed by atoms with Crippen LogP contribution in [0.2, 0.25) is 5.02 Å². The highest BCUT2D eigenvalue weighted by atomic mass is 35.5. The molecule has 0 aliphatic carbocycles. The fourth-order valence-corrected chi connectivity index (χ4v) is 10.1. The summed E-state index contributed by atoms with van der Waals surface area (Å²) in [6.45, 7) is 3.29. The smallest absolute Gasteiger partial charge is 0.262 e. The Morgan fingerprint density at radius 1 is 0.943 bits per heavy atom. The lowest BCUT2D eigenvalue weighted by atomic mass is 9.73. The highest BCUT2D eigenvalue weighted by molar-refractivity contribution is 6.32. The zero-order valence-corrected chi connectivity index (χ0v) is 39.1. The molecular formula is C51H48ClFN8O9. The minimum absolute atomic E-state index is 0.00930. The van der Waals surface area contributed by atoms with E-state index in [0.29, 0.717) is 103 Å². The van der Waals surface area contributed by atoms with E-state index in [1.165, 1.54) is 13.2 Å². The number of carbonyl (C=O) groups excluding carboxylic acids is 5. The van der Waals surface area contributed by atoms with E-state index in [2.05, 4.69) is 20.9 Å². The van der Waals surface area contributed by atoms with Crippen LogP contribution >= 0.6 is 11.6 Å². The minimum Gasteiger partial charge on any atom is -0.496 e. The summed E-state index contributed by atoms with van der Waals surface area (Å²) >= 11 is 6.47. The van der Waals surface area contributed by atoms with Gasteiger partial charge < -0.3 is 34.5 Å². The second-order valence-electron chi connectivity index (χ2n) is 17.7. The van der Waals surface area contributed by atoms with Crippen LogP contribution in [0.3, 0.4) is 0 Å². The second-order valence-corrected chi connectivity index (χ2v) is 18.2. The van der Waals surface area contributed by atoms with Gasteiger partial charge in [0.05, 0.1) is 75.1 Å². The number of hydrogen-bond acceptors (Lipinski definition) is 14. The van der Waals surface area contributed by atoms with E-state index in [9.17, 15) is 24.0 Å². The number of rotatable bonds is 14. The van der Waals surface area contributed by atoms with Gasteiger partial charge in [-0.1, -0.05) is 29.8 Å². The molecule has 2 fully saturated rings. The number of hydrogen-bond donors (Lipinski definition) is 3. The number of methoxy groups -OCH3 is 2. The predicted molar refractivity (Wildman–Crippen MR) is 254 cm³/mol. The number of benzene rings is 4. The highest BCUT2D eigenvalue weighted by Gasteiger charge is 2.49. The van der Waals surface area contributed by atoms with Crippen LogP contribution in [0, 0.1) is 5.82 Å². The zero-order chi connectivity index (χ0) is 48.7. The largest absolute Gasteiger partial charge is 0.496 e. The number of fused-ring (bicyclic) bond motifs is 6. The average molecular weight is 971 g/mol. The molecule has 1 spiro atoms. The molecule has 5 aliphatic heterocycles. The summed E-state index contributed by atoms with van der Waals surface area (Å²) in [6, 6.07) is 18.0.